The summed E-state index contributed by atoms with van der Waals surface area (Å²) < 4.78 is 5.06. The van der Waals surface area contributed by atoms with Crippen LogP contribution >= 0.6 is 0 Å². The van der Waals surface area contributed by atoms with Crippen LogP contribution in [0.3, 0.4) is 0 Å². The van der Waals surface area contributed by atoms with Gasteiger partial charge in [-0.25, -0.2) is 0 Å². The van der Waals surface area contributed by atoms with Crippen molar-refractivity contribution in [1.29, 1.82) is 0 Å². The van der Waals surface area contributed by atoms with Crippen LogP contribution in [0.25, 0.3) is 0 Å². The molecule has 0 radical (unpaired) electrons. The van der Waals surface area contributed by atoms with Gasteiger partial charge < -0.3 is 20.8 Å². The highest BCUT2D eigenvalue weighted by Gasteiger charge is 2.06. The molecule has 0 aliphatic heterocycles. The van der Waals surface area contributed by atoms with Gasteiger partial charge in [0.05, 0.1) is 12.8 Å². The van der Waals surface area contributed by atoms with Crippen molar-refractivity contribution in [2.75, 3.05) is 12.8 Å². The maximum Gasteiger partial charge on any atom is 0.251 e. The molecule has 1 heterocycles. The zero-order valence-electron chi connectivity index (χ0n) is 11.0. The number of aromatic amines is 1. The molecule has 2 aromatic rings. The molecule has 0 spiro atoms. The van der Waals surface area contributed by atoms with E-state index in [4.69, 9.17) is 10.5 Å². The summed E-state index contributed by atoms with van der Waals surface area (Å²) in [6.07, 6.45) is 1.43. The Morgan fingerprint density at radius 3 is 2.80 bits per heavy atom. The molecule has 0 fully saturated rings. The third kappa shape index (κ3) is 3.17. The van der Waals surface area contributed by atoms with Gasteiger partial charge >= 0.3 is 0 Å². The average Bonchev–Trinajstić information content (AvgIpc) is 2.45. The van der Waals surface area contributed by atoms with Crippen LogP contribution in [-0.2, 0) is 6.54 Å². The minimum Gasteiger partial charge on any atom is -0.495 e. The zero-order chi connectivity index (χ0) is 14.5. The number of hydrogen-bond acceptors (Lipinski definition) is 4. The summed E-state index contributed by atoms with van der Waals surface area (Å²) in [6, 6.07) is 8.07. The van der Waals surface area contributed by atoms with E-state index in [0.29, 0.717) is 23.5 Å². The summed E-state index contributed by atoms with van der Waals surface area (Å²) in [5.74, 6) is 0.278. The number of nitrogen functional groups attached to an aromatic ring is 1. The molecule has 1 amide bonds. The number of anilines is 1. The van der Waals surface area contributed by atoms with Crippen molar-refractivity contribution in [2.45, 2.75) is 6.54 Å². The highest BCUT2D eigenvalue weighted by Crippen LogP contribution is 2.21. The number of methoxy groups -OCH3 is 1. The lowest BCUT2D eigenvalue weighted by Crippen LogP contribution is -2.24. The lowest BCUT2D eigenvalue weighted by atomic mass is 10.2. The molecule has 1 aromatic heterocycles. The van der Waals surface area contributed by atoms with Crippen molar-refractivity contribution >= 4 is 11.6 Å². The van der Waals surface area contributed by atoms with Crippen LogP contribution in [0.2, 0.25) is 0 Å². The highest BCUT2D eigenvalue weighted by atomic mass is 16.5. The number of carbonyl (C=O) groups excluding carboxylic acids is 1. The standard InChI is InChI=1S/C14H15N3O3/c1-20-12-3-2-9(6-11(12)15)8-17-14(19)10-4-5-16-13(18)7-10/h2-7H,8,15H2,1H3,(H,16,18)(H,17,19). The number of aromatic nitrogens is 1. The Bertz CT molecular complexity index is 679. The van der Waals surface area contributed by atoms with Crippen LogP contribution in [0.15, 0.2) is 41.3 Å². The minimum absolute atomic E-state index is 0.314. The van der Waals surface area contributed by atoms with E-state index in [1.807, 2.05) is 6.07 Å². The Kier molecular flexibility index (Phi) is 4.05. The van der Waals surface area contributed by atoms with Gasteiger partial charge in [0.1, 0.15) is 5.75 Å². The van der Waals surface area contributed by atoms with Crippen LogP contribution in [0, 0.1) is 0 Å². The van der Waals surface area contributed by atoms with Gasteiger partial charge in [0, 0.05) is 24.4 Å². The van der Waals surface area contributed by atoms with Gasteiger partial charge in [0.2, 0.25) is 5.56 Å². The van der Waals surface area contributed by atoms with E-state index in [1.54, 1.807) is 25.3 Å². The SMILES string of the molecule is COc1ccc(CNC(=O)c2cc[nH]c(=O)c2)cc1N. The molecular weight excluding hydrogens is 258 g/mol. The van der Waals surface area contributed by atoms with Crippen LogP contribution in [0.1, 0.15) is 15.9 Å². The first kappa shape index (κ1) is 13.7. The summed E-state index contributed by atoms with van der Waals surface area (Å²) >= 11 is 0. The summed E-state index contributed by atoms with van der Waals surface area (Å²) in [6.45, 7) is 0.319. The van der Waals surface area contributed by atoms with Gasteiger partial charge in [-0.05, 0) is 23.8 Å². The fraction of sp³-hybridized carbons (Fsp3) is 0.143. The lowest BCUT2D eigenvalue weighted by Gasteiger charge is -2.08. The van der Waals surface area contributed by atoms with Crippen LogP contribution < -0.4 is 21.3 Å². The molecule has 0 aliphatic rings. The summed E-state index contributed by atoms with van der Waals surface area (Å²) in [4.78, 5) is 25.4. The number of pyridine rings is 1. The largest absolute Gasteiger partial charge is 0.495 e. The van der Waals surface area contributed by atoms with E-state index >= 15 is 0 Å². The Morgan fingerprint density at radius 2 is 2.15 bits per heavy atom. The van der Waals surface area contributed by atoms with Crippen LogP contribution in [0.4, 0.5) is 5.69 Å². The molecule has 0 aliphatic carbocycles. The van der Waals surface area contributed by atoms with Gasteiger partial charge in [-0.15, -0.1) is 0 Å². The van der Waals surface area contributed by atoms with Gasteiger partial charge in [0.15, 0.2) is 0 Å². The average molecular weight is 273 g/mol. The number of rotatable bonds is 4. The van der Waals surface area contributed by atoms with Crippen molar-refractivity contribution in [3.63, 3.8) is 0 Å². The molecule has 0 saturated heterocycles. The molecule has 4 N–H and O–H groups in total. The van der Waals surface area contributed by atoms with E-state index in [2.05, 4.69) is 10.3 Å². The molecular formula is C14H15N3O3. The minimum atomic E-state index is -0.314. The molecule has 0 saturated carbocycles. The lowest BCUT2D eigenvalue weighted by molar-refractivity contribution is 0.0950. The molecule has 6 nitrogen and oxygen atoms in total. The number of ether oxygens (including phenoxy) is 1. The second-order valence-corrected chi connectivity index (χ2v) is 4.20. The normalized spacial score (nSPS) is 10.1. The third-order valence-electron chi connectivity index (χ3n) is 2.78. The Morgan fingerprint density at radius 1 is 1.35 bits per heavy atom. The fourth-order valence-electron chi connectivity index (χ4n) is 1.76. The second-order valence-electron chi connectivity index (χ2n) is 4.20. The Hall–Kier alpha value is -2.76. The summed E-state index contributed by atoms with van der Waals surface area (Å²) in [7, 11) is 1.54. The fourth-order valence-corrected chi connectivity index (χ4v) is 1.76. The molecule has 104 valence electrons. The van der Waals surface area contributed by atoms with Crippen LogP contribution in [-0.4, -0.2) is 18.0 Å². The van der Waals surface area contributed by atoms with Crippen LogP contribution in [0.5, 0.6) is 5.75 Å². The molecule has 0 atom stereocenters. The number of nitrogens with two attached hydrogens (primary N) is 1. The smallest absolute Gasteiger partial charge is 0.251 e. The molecule has 20 heavy (non-hydrogen) atoms. The van der Waals surface area contributed by atoms with Crippen molar-refractivity contribution < 1.29 is 9.53 Å². The quantitative estimate of drug-likeness (QED) is 0.721. The molecule has 1 aromatic carbocycles. The summed E-state index contributed by atoms with van der Waals surface area (Å²) in [5, 5.41) is 2.72. The number of amides is 1. The van der Waals surface area contributed by atoms with Crippen molar-refractivity contribution in [2.24, 2.45) is 0 Å². The van der Waals surface area contributed by atoms with E-state index in [0.717, 1.165) is 5.56 Å². The van der Waals surface area contributed by atoms with Gasteiger partial charge in [0.25, 0.3) is 5.91 Å². The van der Waals surface area contributed by atoms with Gasteiger partial charge in [-0.1, -0.05) is 6.07 Å². The monoisotopic (exact) mass is 273 g/mol. The molecule has 6 heteroatoms. The van der Waals surface area contributed by atoms with E-state index in [1.165, 1.54) is 12.3 Å². The first-order valence-electron chi connectivity index (χ1n) is 5.99. The highest BCUT2D eigenvalue weighted by molar-refractivity contribution is 5.93. The summed E-state index contributed by atoms with van der Waals surface area (Å²) in [5.41, 5.74) is 7.15. The topological polar surface area (TPSA) is 97.2 Å². The number of hydrogen-bond donors (Lipinski definition) is 3. The number of carbonyl (C=O) groups is 1. The molecule has 0 unspecified atom stereocenters. The molecule has 2 rings (SSSR count). The van der Waals surface area contributed by atoms with Gasteiger partial charge in [-0.2, -0.15) is 0 Å². The maximum absolute atomic E-state index is 11.9. The Labute approximate surface area is 115 Å². The predicted molar refractivity (Wildman–Crippen MR) is 75.6 cm³/mol. The number of H-pyrrole nitrogens is 1. The van der Waals surface area contributed by atoms with Crippen molar-refractivity contribution in [3.8, 4) is 5.75 Å². The van der Waals surface area contributed by atoms with Crippen molar-refractivity contribution in [1.82, 2.24) is 10.3 Å². The third-order valence-corrected chi connectivity index (χ3v) is 2.78. The van der Waals surface area contributed by atoms with Gasteiger partial charge in [-0.3, -0.25) is 9.59 Å². The second kappa shape index (κ2) is 5.92. The van der Waals surface area contributed by atoms with Crippen molar-refractivity contribution in [3.05, 3.63) is 58.0 Å². The first-order valence-corrected chi connectivity index (χ1v) is 5.99. The first-order chi connectivity index (χ1) is 9.60. The number of nitrogens with one attached hydrogen (secondary N) is 2. The zero-order valence-corrected chi connectivity index (χ0v) is 11.0. The molecule has 0 bridgehead atoms. The Balaban J connectivity index is 2.03. The number of benzene rings is 1. The predicted octanol–water partition coefficient (Wildman–Crippen LogP) is 0.896. The maximum atomic E-state index is 11.9. The van der Waals surface area contributed by atoms with E-state index < -0.39 is 0 Å². The van der Waals surface area contributed by atoms with E-state index in [9.17, 15) is 9.59 Å². The van der Waals surface area contributed by atoms with E-state index in [-0.39, 0.29) is 11.5 Å².